The maximum Gasteiger partial charge on any atom is 1.00 e. The molecule has 0 aliphatic carbocycles. The minimum Gasteiger partial charge on any atom is -0.358 e. The molecule has 0 N–H and O–H groups in total. The van der Waals surface area contributed by atoms with E-state index in [0.29, 0.717) is 12.0 Å². The number of alkyl halides is 6. The summed E-state index contributed by atoms with van der Waals surface area (Å²) in [6, 6.07) is 2.91. The summed E-state index contributed by atoms with van der Waals surface area (Å²) in [7, 11) is 0. The Morgan fingerprint density at radius 1 is 1.04 bits per heavy atom. The van der Waals surface area contributed by atoms with E-state index in [1.807, 2.05) is 0 Å². The van der Waals surface area contributed by atoms with Crippen molar-refractivity contribution >= 4 is 11.6 Å². The van der Waals surface area contributed by atoms with E-state index in [9.17, 15) is 30.7 Å². The van der Waals surface area contributed by atoms with Crippen molar-refractivity contribution in [1.29, 1.82) is 0 Å². The van der Waals surface area contributed by atoms with Crippen LogP contribution in [0.3, 0.4) is 0 Å². The van der Waals surface area contributed by atoms with Crippen LogP contribution < -0.4 is 51.4 Å². The van der Waals surface area contributed by atoms with Gasteiger partial charge in [-0.1, -0.05) is 13.0 Å². The van der Waals surface area contributed by atoms with Crippen molar-refractivity contribution in [2.24, 2.45) is 0 Å². The Bertz CT molecular complexity index is 777. The Morgan fingerprint density at radius 2 is 1.57 bits per heavy atom. The summed E-state index contributed by atoms with van der Waals surface area (Å²) in [6.07, 6.45) is -8.70. The van der Waals surface area contributed by atoms with Gasteiger partial charge in [0.1, 0.15) is 5.69 Å². The van der Waals surface area contributed by atoms with Crippen LogP contribution in [0.15, 0.2) is 18.2 Å². The van der Waals surface area contributed by atoms with E-state index in [-0.39, 0.29) is 75.2 Å². The molecule has 0 amide bonds. The maximum atomic E-state index is 12.9. The van der Waals surface area contributed by atoms with Crippen LogP contribution in [0.25, 0.3) is 0 Å². The van der Waals surface area contributed by atoms with Crippen molar-refractivity contribution in [1.82, 2.24) is 9.97 Å². The Hall–Kier alpha value is -0.394. The monoisotopic (exact) mass is 455 g/mol. The average Bonchev–Trinajstić information content (AvgIpc) is 2.50. The van der Waals surface area contributed by atoms with Gasteiger partial charge in [0.2, 0.25) is 0 Å². The molecule has 152 valence electrons. The van der Waals surface area contributed by atoms with Crippen LogP contribution in [0, 0.1) is 27.1 Å². The molecule has 0 fully saturated rings. The fourth-order valence-corrected chi connectivity index (χ4v) is 1.95. The molecule has 0 saturated heterocycles. The molecular formula is C17H16ClF7KN2-. The van der Waals surface area contributed by atoms with Crippen LogP contribution >= 0.6 is 11.6 Å². The van der Waals surface area contributed by atoms with Crippen molar-refractivity contribution in [3.63, 3.8) is 0 Å². The van der Waals surface area contributed by atoms with Gasteiger partial charge in [-0.05, 0) is 25.0 Å². The predicted molar refractivity (Wildman–Crippen MR) is 88.4 cm³/mol. The third-order valence-electron chi connectivity index (χ3n) is 3.14. The molecule has 0 spiro atoms. The zero-order valence-corrected chi connectivity index (χ0v) is 19.4. The molecule has 2 nitrogen and oxygen atoms in total. The molecule has 11 heteroatoms. The second-order valence-electron chi connectivity index (χ2n) is 5.06. The van der Waals surface area contributed by atoms with Crippen LogP contribution in [-0.2, 0) is 18.8 Å². The van der Waals surface area contributed by atoms with E-state index in [1.54, 1.807) is 6.92 Å². The zero-order chi connectivity index (χ0) is 20.3. The first-order valence-electron chi connectivity index (χ1n) is 7.06. The number of rotatable bonds is 1. The van der Waals surface area contributed by atoms with Gasteiger partial charge >= 0.3 is 63.7 Å². The van der Waals surface area contributed by atoms with Gasteiger partial charge in [-0.2, -0.15) is 44.9 Å². The fraction of sp³-hybridized carbons (Fsp3) is 0.294. The van der Waals surface area contributed by atoms with E-state index >= 15 is 0 Å². The number of aromatic nitrogens is 2. The molecule has 0 atom stereocenters. The Balaban J connectivity index is 0. The number of hydrogen-bond acceptors (Lipinski definition) is 2. The summed E-state index contributed by atoms with van der Waals surface area (Å²) in [5.74, 6) is -1.31. The first-order chi connectivity index (χ1) is 11.8. The quantitative estimate of drug-likeness (QED) is 0.285. The van der Waals surface area contributed by atoms with Gasteiger partial charge in [-0.15, -0.1) is 11.6 Å². The minimum atomic E-state index is -4.72. The summed E-state index contributed by atoms with van der Waals surface area (Å²) >= 11 is 5.35. The number of halogens is 8. The van der Waals surface area contributed by atoms with E-state index in [4.69, 9.17) is 11.6 Å². The van der Waals surface area contributed by atoms with E-state index in [0.717, 1.165) is 12.1 Å². The number of hydrogen-bond donors (Lipinski definition) is 0. The molecule has 0 aliphatic heterocycles. The van der Waals surface area contributed by atoms with Crippen LogP contribution in [0.5, 0.6) is 0 Å². The van der Waals surface area contributed by atoms with Gasteiger partial charge in [0, 0.05) is 10.8 Å². The second-order valence-corrected chi connectivity index (χ2v) is 5.42. The van der Waals surface area contributed by atoms with E-state index < -0.39 is 29.6 Å². The number of nitrogens with zero attached hydrogens (tertiary/aromatic N) is 2. The SMILES string of the molecule is CCc1cc(F)c(C(F)(F)F)nc1C.[CH2-]c1ccc(C(F)(F)F)nc1Cl.[CH3-].[K+]. The molecule has 2 rings (SSSR count). The van der Waals surface area contributed by atoms with Crippen LogP contribution in [0.4, 0.5) is 30.7 Å². The Morgan fingerprint density at radius 3 is 1.96 bits per heavy atom. The molecule has 0 unspecified atom stereocenters. The molecule has 0 aromatic carbocycles. The second kappa shape index (κ2) is 11.7. The molecular weight excluding hydrogens is 440 g/mol. The van der Waals surface area contributed by atoms with E-state index in [2.05, 4.69) is 16.9 Å². The smallest absolute Gasteiger partial charge is 0.358 e. The van der Waals surface area contributed by atoms with E-state index in [1.165, 1.54) is 13.0 Å². The standard InChI is InChI=1S/C9H9F4N.C7H4ClF3N.CH3.K/c1-3-6-4-7(10)8(9(11,12)13)14-5(6)2;1-4-2-3-5(7(9,10)11)12-6(4)8;;/h4H,3H2,1-2H3;2-3H,1H2;1H3;/q;2*-1;+1. The first-order valence-corrected chi connectivity index (χ1v) is 7.44. The summed E-state index contributed by atoms with van der Waals surface area (Å²) < 4.78 is 85.3. The molecule has 0 radical (unpaired) electrons. The zero-order valence-electron chi connectivity index (χ0n) is 15.6. The van der Waals surface area contributed by atoms with Crippen LogP contribution in [0.1, 0.15) is 35.1 Å². The summed E-state index contributed by atoms with van der Waals surface area (Å²) in [5, 5.41) is -0.218. The number of pyridine rings is 2. The fourth-order valence-electron chi connectivity index (χ4n) is 1.80. The summed E-state index contributed by atoms with van der Waals surface area (Å²) in [6.45, 7) is 6.55. The molecule has 0 saturated carbocycles. The molecule has 0 aliphatic rings. The Kier molecular flexibility index (Phi) is 12.5. The molecule has 2 heterocycles. The number of aryl methyl sites for hydroxylation is 2. The maximum absolute atomic E-state index is 12.9. The van der Waals surface area contributed by atoms with Crippen molar-refractivity contribution in [2.45, 2.75) is 32.6 Å². The summed E-state index contributed by atoms with van der Waals surface area (Å²) in [5.41, 5.74) is -1.44. The first kappa shape index (κ1) is 29.8. The Labute approximate surface area is 206 Å². The van der Waals surface area contributed by atoms with Gasteiger partial charge in [0.05, 0.1) is 0 Å². The van der Waals surface area contributed by atoms with Crippen LogP contribution in [-0.4, -0.2) is 9.97 Å². The molecule has 2 aromatic rings. The summed E-state index contributed by atoms with van der Waals surface area (Å²) in [4.78, 5) is 6.34. The van der Waals surface area contributed by atoms with Crippen LogP contribution in [0.2, 0.25) is 5.15 Å². The van der Waals surface area contributed by atoms with Gasteiger partial charge in [0.25, 0.3) is 0 Å². The average molecular weight is 456 g/mol. The van der Waals surface area contributed by atoms with Crippen molar-refractivity contribution in [2.75, 3.05) is 0 Å². The van der Waals surface area contributed by atoms with Gasteiger partial charge in [0.15, 0.2) is 11.5 Å². The van der Waals surface area contributed by atoms with Crippen molar-refractivity contribution in [3.8, 4) is 0 Å². The largest absolute Gasteiger partial charge is 1.00 e. The predicted octanol–water partition coefficient (Wildman–Crippen LogP) is 3.50. The topological polar surface area (TPSA) is 25.8 Å². The van der Waals surface area contributed by atoms with Crippen molar-refractivity contribution in [3.05, 3.63) is 71.7 Å². The van der Waals surface area contributed by atoms with Gasteiger partial charge in [-0.3, -0.25) is 4.98 Å². The molecule has 28 heavy (non-hydrogen) atoms. The third kappa shape index (κ3) is 8.54. The van der Waals surface area contributed by atoms with Gasteiger partial charge in [-0.25, -0.2) is 9.37 Å². The van der Waals surface area contributed by atoms with Crippen molar-refractivity contribution < 1.29 is 82.1 Å². The van der Waals surface area contributed by atoms with Gasteiger partial charge < -0.3 is 7.43 Å². The minimum absolute atomic E-state index is 0. The normalized spacial score (nSPS) is 10.9. The molecule has 0 bridgehead atoms. The molecule has 2 aromatic heterocycles. The third-order valence-corrected chi connectivity index (χ3v) is 3.46.